The van der Waals surface area contributed by atoms with Crippen LogP contribution in [-0.2, 0) is 6.54 Å². The summed E-state index contributed by atoms with van der Waals surface area (Å²) in [7, 11) is 0. The average molecular weight is 364 g/mol. The van der Waals surface area contributed by atoms with E-state index in [1.807, 2.05) is 25.1 Å². The third-order valence-electron chi connectivity index (χ3n) is 4.56. The quantitative estimate of drug-likeness (QED) is 0.448. The van der Waals surface area contributed by atoms with E-state index in [1.165, 1.54) is 12.1 Å². The number of aromatic nitrogens is 3. The number of aryl methyl sites for hydroxylation is 1. The van der Waals surface area contributed by atoms with Gasteiger partial charge in [0.05, 0.1) is 5.69 Å². The Morgan fingerprint density at radius 2 is 1.93 bits per heavy atom. The van der Waals surface area contributed by atoms with E-state index in [1.54, 1.807) is 18.2 Å². The Morgan fingerprint density at radius 3 is 2.67 bits per heavy atom. The van der Waals surface area contributed by atoms with Gasteiger partial charge in [-0.3, -0.25) is 19.8 Å². The van der Waals surface area contributed by atoms with Crippen LogP contribution in [0.1, 0.15) is 21.6 Å². The maximum atomic E-state index is 14.1. The third-order valence-corrected chi connectivity index (χ3v) is 4.56. The number of hydrogen-bond acceptors (Lipinski definition) is 2. The molecular formula is C20H17FN4O2. The van der Waals surface area contributed by atoms with Crippen LogP contribution in [0.5, 0.6) is 0 Å². The first-order valence-corrected chi connectivity index (χ1v) is 8.45. The van der Waals surface area contributed by atoms with Crippen molar-refractivity contribution >= 4 is 16.8 Å². The predicted molar refractivity (Wildman–Crippen MR) is 101 cm³/mol. The summed E-state index contributed by atoms with van der Waals surface area (Å²) in [5.41, 5.74) is 3.84. The zero-order chi connectivity index (χ0) is 19.0. The van der Waals surface area contributed by atoms with Crippen LogP contribution in [0.25, 0.3) is 22.2 Å². The highest BCUT2D eigenvalue weighted by Gasteiger charge is 2.13. The van der Waals surface area contributed by atoms with Crippen LogP contribution in [-0.4, -0.2) is 21.1 Å². The molecule has 0 aliphatic heterocycles. The molecule has 2 heterocycles. The van der Waals surface area contributed by atoms with Gasteiger partial charge >= 0.3 is 0 Å². The highest BCUT2D eigenvalue weighted by molar-refractivity contribution is 5.93. The smallest absolute Gasteiger partial charge is 0.269 e. The Bertz CT molecular complexity index is 1200. The summed E-state index contributed by atoms with van der Waals surface area (Å²) in [4.78, 5) is 26.4. The summed E-state index contributed by atoms with van der Waals surface area (Å²) in [5, 5.41) is 8.57. The Kier molecular flexibility index (Phi) is 4.12. The largest absolute Gasteiger partial charge is 0.354 e. The number of fused-ring (bicyclic) bond motifs is 1. The second-order valence-electron chi connectivity index (χ2n) is 6.34. The van der Waals surface area contributed by atoms with E-state index in [-0.39, 0.29) is 23.0 Å². The summed E-state index contributed by atoms with van der Waals surface area (Å²) in [6, 6.07) is 13.6. The number of benzene rings is 2. The molecule has 0 unspecified atom stereocenters. The number of H-pyrrole nitrogens is 3. The lowest BCUT2D eigenvalue weighted by molar-refractivity contribution is 0.0946. The van der Waals surface area contributed by atoms with Gasteiger partial charge in [-0.15, -0.1) is 0 Å². The Balaban J connectivity index is 1.61. The van der Waals surface area contributed by atoms with Gasteiger partial charge in [0.1, 0.15) is 11.5 Å². The maximum absolute atomic E-state index is 14.1. The summed E-state index contributed by atoms with van der Waals surface area (Å²) in [5.74, 6) is -0.647. The van der Waals surface area contributed by atoms with Gasteiger partial charge in [0, 0.05) is 29.1 Å². The second kappa shape index (κ2) is 6.60. The Labute approximate surface area is 153 Å². The van der Waals surface area contributed by atoms with Crippen LogP contribution in [0.15, 0.2) is 53.3 Å². The van der Waals surface area contributed by atoms with E-state index < -0.39 is 0 Å². The molecule has 2 aromatic heterocycles. The Hall–Kier alpha value is -3.61. The number of carbonyl (C=O) groups excluding carboxylic acids is 1. The predicted octanol–water partition coefficient (Wildman–Crippen LogP) is 3.23. The number of halogens is 1. The van der Waals surface area contributed by atoms with Crippen molar-refractivity contribution in [3.63, 3.8) is 0 Å². The fourth-order valence-electron chi connectivity index (χ4n) is 3.15. The maximum Gasteiger partial charge on any atom is 0.269 e. The molecule has 6 nitrogen and oxygen atoms in total. The normalized spacial score (nSPS) is 11.0. The van der Waals surface area contributed by atoms with Crippen LogP contribution in [0.2, 0.25) is 0 Å². The van der Waals surface area contributed by atoms with Crippen LogP contribution >= 0.6 is 0 Å². The van der Waals surface area contributed by atoms with Crippen LogP contribution < -0.4 is 10.9 Å². The molecule has 136 valence electrons. The first kappa shape index (κ1) is 16.8. The molecule has 27 heavy (non-hydrogen) atoms. The number of hydrogen-bond donors (Lipinski definition) is 4. The molecule has 0 fully saturated rings. The number of nitrogens with one attached hydrogen (secondary N) is 4. The van der Waals surface area contributed by atoms with E-state index >= 15 is 0 Å². The first-order valence-electron chi connectivity index (χ1n) is 8.45. The lowest BCUT2D eigenvalue weighted by Crippen LogP contribution is -2.23. The minimum absolute atomic E-state index is 0.181. The zero-order valence-electron chi connectivity index (χ0n) is 14.5. The number of rotatable bonds is 4. The molecule has 0 aliphatic rings. The minimum Gasteiger partial charge on any atom is -0.354 e. The molecule has 0 bridgehead atoms. The molecule has 0 radical (unpaired) electrons. The molecule has 0 saturated heterocycles. The average Bonchev–Trinajstić information content (AvgIpc) is 3.24. The van der Waals surface area contributed by atoms with Crippen molar-refractivity contribution in [3.8, 4) is 11.3 Å². The molecule has 4 aromatic rings. The van der Waals surface area contributed by atoms with Gasteiger partial charge in [-0.2, -0.15) is 0 Å². The lowest BCUT2D eigenvalue weighted by Gasteiger charge is -2.04. The molecule has 4 N–H and O–H groups in total. The summed E-state index contributed by atoms with van der Waals surface area (Å²) >= 11 is 0. The monoisotopic (exact) mass is 364 g/mol. The van der Waals surface area contributed by atoms with E-state index in [4.69, 9.17) is 0 Å². The van der Waals surface area contributed by atoms with Crippen molar-refractivity contribution < 1.29 is 9.18 Å². The van der Waals surface area contributed by atoms with Gasteiger partial charge in [-0.25, -0.2) is 4.39 Å². The van der Waals surface area contributed by atoms with Crippen LogP contribution in [0, 0.1) is 12.7 Å². The lowest BCUT2D eigenvalue weighted by atomic mass is 10.0. The number of amides is 1. The fourth-order valence-corrected chi connectivity index (χ4v) is 3.15. The van der Waals surface area contributed by atoms with Gasteiger partial charge in [-0.05, 0) is 42.3 Å². The van der Waals surface area contributed by atoms with Crippen molar-refractivity contribution in [3.05, 3.63) is 81.5 Å². The molecule has 7 heteroatoms. The van der Waals surface area contributed by atoms with Crippen LogP contribution in [0.4, 0.5) is 4.39 Å². The molecule has 1 amide bonds. The number of carbonyl (C=O) groups is 1. The zero-order valence-corrected chi connectivity index (χ0v) is 14.5. The van der Waals surface area contributed by atoms with Crippen molar-refractivity contribution in [1.82, 2.24) is 20.5 Å². The van der Waals surface area contributed by atoms with Crippen molar-refractivity contribution in [1.29, 1.82) is 0 Å². The second-order valence-corrected chi connectivity index (χ2v) is 6.34. The molecule has 0 saturated carbocycles. The number of aromatic amines is 3. The van der Waals surface area contributed by atoms with E-state index in [2.05, 4.69) is 20.5 Å². The van der Waals surface area contributed by atoms with Crippen molar-refractivity contribution in [2.24, 2.45) is 0 Å². The molecule has 0 atom stereocenters. The Morgan fingerprint density at radius 1 is 1.11 bits per heavy atom. The first-order chi connectivity index (χ1) is 13.0. The topological polar surface area (TPSA) is 93.5 Å². The summed E-state index contributed by atoms with van der Waals surface area (Å²) < 4.78 is 14.1. The third kappa shape index (κ3) is 3.15. The van der Waals surface area contributed by atoms with E-state index in [0.29, 0.717) is 12.1 Å². The van der Waals surface area contributed by atoms with E-state index in [9.17, 15) is 14.0 Å². The van der Waals surface area contributed by atoms with Gasteiger partial charge in [0.2, 0.25) is 0 Å². The SMILES string of the molecule is Cc1c(-c2ccccc2F)[nH]c2ccc(CNC(=O)c3cc(=O)[nH][nH]3)cc12. The molecule has 0 aliphatic carbocycles. The summed E-state index contributed by atoms with van der Waals surface area (Å²) in [6.07, 6.45) is 0. The van der Waals surface area contributed by atoms with Crippen molar-refractivity contribution in [2.45, 2.75) is 13.5 Å². The molecular weight excluding hydrogens is 347 g/mol. The standard InChI is InChI=1S/C20H17FN4O2/c1-11-14-8-12(10-22-20(27)17-9-18(26)25-24-17)6-7-16(14)23-19(11)13-4-2-3-5-15(13)21/h2-9,23H,10H2,1H3,(H,22,27)(H2,24,25,26). The molecule has 2 aromatic carbocycles. The van der Waals surface area contributed by atoms with Gasteiger partial charge in [0.25, 0.3) is 11.5 Å². The van der Waals surface area contributed by atoms with Crippen LogP contribution in [0.3, 0.4) is 0 Å². The molecule has 4 rings (SSSR count). The fraction of sp³-hybridized carbons (Fsp3) is 0.100. The minimum atomic E-state index is -0.369. The van der Waals surface area contributed by atoms with Gasteiger partial charge < -0.3 is 10.3 Å². The molecule has 0 spiro atoms. The highest BCUT2D eigenvalue weighted by atomic mass is 19.1. The highest BCUT2D eigenvalue weighted by Crippen LogP contribution is 2.31. The van der Waals surface area contributed by atoms with Crippen molar-refractivity contribution in [2.75, 3.05) is 0 Å². The van der Waals surface area contributed by atoms with Gasteiger partial charge in [0.15, 0.2) is 0 Å². The van der Waals surface area contributed by atoms with Gasteiger partial charge in [-0.1, -0.05) is 18.2 Å². The van der Waals surface area contributed by atoms with E-state index in [0.717, 1.165) is 27.7 Å². The summed E-state index contributed by atoms with van der Waals surface area (Å²) in [6.45, 7) is 2.25.